The number of fused-ring (bicyclic) bond motifs is 1. The van der Waals surface area contributed by atoms with Gasteiger partial charge in [0.15, 0.2) is 5.76 Å². The fourth-order valence-electron chi connectivity index (χ4n) is 4.99. The second-order valence-corrected chi connectivity index (χ2v) is 10.0. The lowest BCUT2D eigenvalue weighted by atomic mass is 9.93. The molecule has 2 heterocycles. The van der Waals surface area contributed by atoms with Crippen LogP contribution in [0.3, 0.4) is 0 Å². The lowest BCUT2D eigenvalue weighted by Gasteiger charge is -2.15. The molecule has 1 amide bonds. The Balaban J connectivity index is 1.32. The van der Waals surface area contributed by atoms with E-state index in [9.17, 15) is 14.7 Å². The first-order valence-electron chi connectivity index (χ1n) is 13.0. The lowest BCUT2D eigenvalue weighted by Crippen LogP contribution is -2.19. The van der Waals surface area contributed by atoms with Crippen molar-refractivity contribution in [3.8, 4) is 22.5 Å². The van der Waals surface area contributed by atoms with Gasteiger partial charge in [-0.1, -0.05) is 54.6 Å². The number of carbonyl (C=O) groups excluding carboxylic acids is 1. The van der Waals surface area contributed by atoms with E-state index in [4.69, 9.17) is 9.15 Å². The van der Waals surface area contributed by atoms with Crippen LogP contribution in [0.4, 0.5) is 19.3 Å². The van der Waals surface area contributed by atoms with Gasteiger partial charge in [-0.2, -0.15) is 0 Å². The van der Waals surface area contributed by atoms with E-state index in [0.717, 1.165) is 17.7 Å². The van der Waals surface area contributed by atoms with Crippen LogP contribution >= 0.6 is 0 Å². The van der Waals surface area contributed by atoms with E-state index in [0.29, 0.717) is 29.4 Å². The van der Waals surface area contributed by atoms with Crippen LogP contribution in [0.15, 0.2) is 89.5 Å². The number of aliphatic carboxylic acids is 1. The molecule has 0 unspecified atom stereocenters. The normalized spacial score (nSPS) is 14.4. The molecule has 0 radical (unpaired) electrons. The van der Waals surface area contributed by atoms with E-state index >= 15 is 8.78 Å². The Morgan fingerprint density at radius 2 is 1.66 bits per heavy atom. The summed E-state index contributed by atoms with van der Waals surface area (Å²) in [5.74, 6) is -2.52. The summed E-state index contributed by atoms with van der Waals surface area (Å²) < 4.78 is 42.4. The summed E-state index contributed by atoms with van der Waals surface area (Å²) in [6.45, 7) is 1.72. The molecule has 0 aliphatic heterocycles. The van der Waals surface area contributed by atoms with Gasteiger partial charge in [0.2, 0.25) is 5.71 Å². The Morgan fingerprint density at radius 3 is 2.34 bits per heavy atom. The summed E-state index contributed by atoms with van der Waals surface area (Å²) in [5, 5.41) is 12.5. The maximum atomic E-state index is 15.6. The van der Waals surface area contributed by atoms with Crippen LogP contribution in [0.25, 0.3) is 33.6 Å². The summed E-state index contributed by atoms with van der Waals surface area (Å²) in [6.07, 6.45) is 1.19. The maximum Gasteiger partial charge on any atom is 0.412 e. The largest absolute Gasteiger partial charge is 0.481 e. The molecule has 1 fully saturated rings. The van der Waals surface area contributed by atoms with Crippen LogP contribution in [0, 0.1) is 11.6 Å². The third kappa shape index (κ3) is 4.80. The fraction of sp³-hybridized carbons (Fsp3) is 0.156. The SMILES string of the molecule is C[C@@H](OC(=O)Nc1c(-c2cc(F)c(-c3ccc(C4(C(=O)O)CC4)cc3)cc2F)oc2ncccc12)c1ccccc1. The van der Waals surface area contributed by atoms with E-state index in [2.05, 4.69) is 10.3 Å². The first-order valence-corrected chi connectivity index (χ1v) is 13.0. The molecule has 0 bridgehead atoms. The Labute approximate surface area is 233 Å². The van der Waals surface area contributed by atoms with Gasteiger partial charge in [-0.15, -0.1) is 0 Å². The second kappa shape index (κ2) is 10.2. The van der Waals surface area contributed by atoms with Crippen molar-refractivity contribution >= 4 is 28.8 Å². The van der Waals surface area contributed by atoms with E-state index in [-0.39, 0.29) is 28.3 Å². The molecule has 0 spiro atoms. The maximum absolute atomic E-state index is 15.6. The number of nitrogens with one attached hydrogen (secondary N) is 1. The number of furan rings is 1. The monoisotopic (exact) mass is 554 g/mol. The molecule has 206 valence electrons. The van der Waals surface area contributed by atoms with Crippen molar-refractivity contribution in [3.63, 3.8) is 0 Å². The highest BCUT2D eigenvalue weighted by molar-refractivity contribution is 6.04. The average Bonchev–Trinajstić information content (AvgIpc) is 3.72. The zero-order chi connectivity index (χ0) is 28.7. The molecule has 9 heteroatoms. The van der Waals surface area contributed by atoms with E-state index < -0.39 is 35.2 Å². The van der Waals surface area contributed by atoms with Gasteiger partial charge in [0.25, 0.3) is 0 Å². The number of rotatable bonds is 7. The summed E-state index contributed by atoms with van der Waals surface area (Å²) in [6, 6.07) is 20.9. The summed E-state index contributed by atoms with van der Waals surface area (Å²) in [4.78, 5) is 28.6. The Kier molecular flexibility index (Phi) is 6.49. The number of nitrogens with zero attached hydrogens (tertiary/aromatic N) is 1. The number of carboxylic acid groups (broad SMARTS) is 1. The number of anilines is 1. The number of aromatic nitrogens is 1. The van der Waals surface area contributed by atoms with Crippen LogP contribution in [0.5, 0.6) is 0 Å². The molecule has 7 nitrogen and oxygen atoms in total. The van der Waals surface area contributed by atoms with Crippen LogP contribution in [0.1, 0.15) is 37.0 Å². The number of amides is 1. The quantitative estimate of drug-likeness (QED) is 0.212. The van der Waals surface area contributed by atoms with Crippen molar-refractivity contribution < 1.29 is 32.6 Å². The Bertz CT molecular complexity index is 1780. The minimum atomic E-state index is -0.898. The van der Waals surface area contributed by atoms with Gasteiger partial charge in [-0.25, -0.2) is 18.6 Å². The molecule has 0 saturated heterocycles. The molecular formula is C32H24F2N2O5. The molecule has 1 atom stereocenters. The van der Waals surface area contributed by atoms with Crippen molar-refractivity contribution in [3.05, 3.63) is 108 Å². The number of pyridine rings is 1. The van der Waals surface area contributed by atoms with Crippen molar-refractivity contribution in [2.45, 2.75) is 31.3 Å². The molecule has 2 N–H and O–H groups in total. The molecule has 6 rings (SSSR count). The lowest BCUT2D eigenvalue weighted by molar-refractivity contribution is -0.140. The molecule has 1 aliphatic rings. The van der Waals surface area contributed by atoms with Crippen LogP contribution in [-0.2, 0) is 14.9 Å². The zero-order valence-corrected chi connectivity index (χ0v) is 21.9. The second-order valence-electron chi connectivity index (χ2n) is 10.0. The third-order valence-electron chi connectivity index (χ3n) is 7.46. The minimum absolute atomic E-state index is 0.00203. The first kappa shape index (κ1) is 26.2. The summed E-state index contributed by atoms with van der Waals surface area (Å²) in [5.41, 5.74) is 0.913. The molecule has 1 saturated carbocycles. The van der Waals surface area contributed by atoms with Crippen molar-refractivity contribution in [2.24, 2.45) is 0 Å². The summed E-state index contributed by atoms with van der Waals surface area (Å²) >= 11 is 0. The van der Waals surface area contributed by atoms with Gasteiger partial charge in [-0.05, 0) is 60.7 Å². The molecule has 2 aromatic heterocycles. The van der Waals surface area contributed by atoms with Crippen LogP contribution in [-0.4, -0.2) is 22.2 Å². The smallest absolute Gasteiger partial charge is 0.412 e. The fourth-order valence-corrected chi connectivity index (χ4v) is 4.99. The molecule has 3 aromatic carbocycles. The number of benzene rings is 3. The number of carboxylic acids is 1. The topological polar surface area (TPSA) is 102 Å². The average molecular weight is 555 g/mol. The molecular weight excluding hydrogens is 530 g/mol. The van der Waals surface area contributed by atoms with E-state index in [1.807, 2.05) is 30.3 Å². The van der Waals surface area contributed by atoms with Gasteiger partial charge < -0.3 is 14.3 Å². The van der Waals surface area contributed by atoms with Gasteiger partial charge in [0.05, 0.1) is 16.4 Å². The highest BCUT2D eigenvalue weighted by Crippen LogP contribution is 2.49. The molecule has 41 heavy (non-hydrogen) atoms. The van der Waals surface area contributed by atoms with E-state index in [1.165, 1.54) is 6.20 Å². The number of carbonyl (C=O) groups is 2. The van der Waals surface area contributed by atoms with Crippen LogP contribution < -0.4 is 5.32 Å². The van der Waals surface area contributed by atoms with Gasteiger partial charge in [-0.3, -0.25) is 10.1 Å². The molecule has 5 aromatic rings. The minimum Gasteiger partial charge on any atom is -0.481 e. The van der Waals surface area contributed by atoms with Gasteiger partial charge in [0.1, 0.15) is 23.4 Å². The number of ether oxygens (including phenoxy) is 1. The van der Waals surface area contributed by atoms with Gasteiger partial charge >= 0.3 is 12.1 Å². The van der Waals surface area contributed by atoms with Crippen molar-refractivity contribution in [1.29, 1.82) is 0 Å². The number of hydrogen-bond acceptors (Lipinski definition) is 5. The van der Waals surface area contributed by atoms with Crippen molar-refractivity contribution in [1.82, 2.24) is 4.98 Å². The highest BCUT2D eigenvalue weighted by Gasteiger charge is 2.51. The zero-order valence-electron chi connectivity index (χ0n) is 21.9. The summed E-state index contributed by atoms with van der Waals surface area (Å²) in [7, 11) is 0. The Hall–Kier alpha value is -5.05. The predicted molar refractivity (Wildman–Crippen MR) is 148 cm³/mol. The first-order chi connectivity index (χ1) is 19.8. The number of hydrogen-bond donors (Lipinski definition) is 2. The van der Waals surface area contributed by atoms with Gasteiger partial charge in [0, 0.05) is 11.8 Å². The number of halogens is 2. The van der Waals surface area contributed by atoms with Crippen LogP contribution in [0.2, 0.25) is 0 Å². The third-order valence-corrected chi connectivity index (χ3v) is 7.46. The molecule has 1 aliphatic carbocycles. The van der Waals surface area contributed by atoms with Crippen molar-refractivity contribution in [2.75, 3.05) is 5.32 Å². The van der Waals surface area contributed by atoms with E-state index in [1.54, 1.807) is 43.3 Å². The Morgan fingerprint density at radius 1 is 0.976 bits per heavy atom. The highest BCUT2D eigenvalue weighted by atomic mass is 19.1. The standard InChI is InChI=1S/C32H24F2N2O5/c1-18(19-6-3-2-4-7-19)40-31(39)36-27-22-8-5-15-35-29(22)41-28(27)24-17-25(33)23(16-26(24)34)20-9-11-21(12-10-20)32(13-14-32)30(37)38/h2-12,15-18H,13-14H2,1H3,(H,36,39)(H,37,38)/t18-/m1/s1. The predicted octanol–water partition coefficient (Wildman–Crippen LogP) is 7.87.